The fourth-order valence-electron chi connectivity index (χ4n) is 5.84. The lowest BCUT2D eigenvalue weighted by atomic mass is 9.96. The highest BCUT2D eigenvalue weighted by Gasteiger charge is 2.28. The Balaban J connectivity index is 0.000000325. The average molecular weight is 765 g/mol. The SMILES string of the molecule is CC(C)(C)OC(=O)NCC1CCN(c2c(F)cccc2[N+](=O)[O-])CC1.CC(C)(C)OC(=O)NCC1CCN(c2c(N)cccc2F)CC1.CCOC(C)=O. The average Bonchev–Trinajstić information content (AvgIpc) is 3.06. The summed E-state index contributed by atoms with van der Waals surface area (Å²) in [5, 5.41) is 16.7. The van der Waals surface area contributed by atoms with Gasteiger partial charge in [0.2, 0.25) is 0 Å². The summed E-state index contributed by atoms with van der Waals surface area (Å²) in [5.41, 5.74) is 5.64. The first-order valence-electron chi connectivity index (χ1n) is 18.2. The lowest BCUT2D eigenvalue weighted by molar-refractivity contribution is -0.384. The number of nitrogens with two attached hydrogens (primary N) is 1. The van der Waals surface area contributed by atoms with Gasteiger partial charge in [-0.25, -0.2) is 18.4 Å². The molecule has 4 N–H and O–H groups in total. The molecule has 302 valence electrons. The van der Waals surface area contributed by atoms with Crippen LogP contribution in [0, 0.1) is 33.6 Å². The van der Waals surface area contributed by atoms with Crippen molar-refractivity contribution < 1.29 is 42.3 Å². The number of para-hydroxylation sites is 2. The van der Waals surface area contributed by atoms with Crippen LogP contribution in [0.1, 0.15) is 81.1 Å². The second-order valence-electron chi connectivity index (χ2n) is 15.1. The molecule has 14 nitrogen and oxygen atoms in total. The van der Waals surface area contributed by atoms with Gasteiger partial charge in [0.25, 0.3) is 5.69 Å². The van der Waals surface area contributed by atoms with E-state index in [0.717, 1.165) is 25.9 Å². The van der Waals surface area contributed by atoms with Crippen LogP contribution in [0.4, 0.5) is 41.1 Å². The Morgan fingerprint density at radius 3 is 1.56 bits per heavy atom. The molecule has 0 unspecified atom stereocenters. The zero-order valence-corrected chi connectivity index (χ0v) is 32.8. The third-order valence-electron chi connectivity index (χ3n) is 8.26. The summed E-state index contributed by atoms with van der Waals surface area (Å²) in [6.07, 6.45) is 2.33. The number of ether oxygens (including phenoxy) is 3. The van der Waals surface area contributed by atoms with Crippen molar-refractivity contribution in [2.75, 3.05) is 61.4 Å². The Morgan fingerprint density at radius 2 is 1.20 bits per heavy atom. The van der Waals surface area contributed by atoms with Gasteiger partial charge >= 0.3 is 18.2 Å². The minimum atomic E-state index is -0.584. The highest BCUT2D eigenvalue weighted by molar-refractivity contribution is 5.69. The van der Waals surface area contributed by atoms with Gasteiger partial charge in [0, 0.05) is 52.3 Å². The van der Waals surface area contributed by atoms with Crippen LogP contribution in [0.3, 0.4) is 0 Å². The number of nitro groups is 1. The maximum atomic E-state index is 14.1. The molecular formula is C38H58F2N6O8. The molecule has 2 heterocycles. The first-order chi connectivity index (χ1) is 25.2. The maximum Gasteiger partial charge on any atom is 0.407 e. The smallest absolute Gasteiger partial charge is 0.407 e. The molecule has 0 aliphatic carbocycles. The third-order valence-corrected chi connectivity index (χ3v) is 8.26. The van der Waals surface area contributed by atoms with Crippen molar-refractivity contribution in [2.45, 2.75) is 92.3 Å². The summed E-state index contributed by atoms with van der Waals surface area (Å²) in [7, 11) is 0. The summed E-state index contributed by atoms with van der Waals surface area (Å²) in [4.78, 5) is 47.4. The second-order valence-corrected chi connectivity index (χ2v) is 15.1. The largest absolute Gasteiger partial charge is 0.466 e. The number of nitro benzene ring substituents is 1. The van der Waals surface area contributed by atoms with E-state index in [0.29, 0.717) is 62.9 Å². The zero-order chi connectivity index (χ0) is 40.6. The van der Waals surface area contributed by atoms with Crippen molar-refractivity contribution in [3.8, 4) is 0 Å². The second kappa shape index (κ2) is 21.1. The van der Waals surface area contributed by atoms with Gasteiger partial charge in [0.05, 0.1) is 22.9 Å². The van der Waals surface area contributed by atoms with Gasteiger partial charge in [0.1, 0.15) is 17.0 Å². The Kier molecular flexibility index (Phi) is 17.7. The Bertz CT molecular complexity index is 1510. The van der Waals surface area contributed by atoms with Crippen LogP contribution in [-0.4, -0.2) is 80.2 Å². The standard InChI is InChI=1S/C17H24FN3O4.C17H26FN3O2.C4H8O2/c1-17(2,3)25-16(22)19-11-12-7-9-20(10-8-12)15-13(18)5-4-6-14(15)21(23)24;1-17(2,3)23-16(22)20-11-12-7-9-21(10-8-12)15-13(18)5-4-6-14(15)19;1-3-6-4(2)5/h4-6,12H,7-11H2,1-3H3,(H,19,22);4-6,12H,7-11,19H2,1-3H3,(H,20,22);3H2,1-2H3. The van der Waals surface area contributed by atoms with Crippen molar-refractivity contribution >= 4 is 40.9 Å². The molecule has 54 heavy (non-hydrogen) atoms. The molecule has 2 fully saturated rings. The highest BCUT2D eigenvalue weighted by atomic mass is 19.1. The van der Waals surface area contributed by atoms with Gasteiger partial charge in [-0.2, -0.15) is 0 Å². The molecule has 4 rings (SSSR count). The predicted octanol–water partition coefficient (Wildman–Crippen LogP) is 7.19. The summed E-state index contributed by atoms with van der Waals surface area (Å²) in [5.74, 6) is -0.478. The first kappa shape index (κ1) is 45.3. The molecule has 2 aliphatic rings. The molecular weight excluding hydrogens is 706 g/mol. The topological polar surface area (TPSA) is 179 Å². The molecule has 2 aromatic carbocycles. The number of anilines is 3. The molecule has 0 aromatic heterocycles. The Hall–Kier alpha value is -4.89. The van der Waals surface area contributed by atoms with Gasteiger partial charge in [0.15, 0.2) is 11.5 Å². The molecule has 0 radical (unpaired) electrons. The zero-order valence-electron chi connectivity index (χ0n) is 32.8. The van der Waals surface area contributed by atoms with Crippen molar-refractivity contribution in [1.82, 2.24) is 10.6 Å². The number of amides is 2. The fraction of sp³-hybridized carbons (Fsp3) is 0.605. The van der Waals surface area contributed by atoms with Crippen molar-refractivity contribution in [3.05, 3.63) is 58.1 Å². The normalized spacial score (nSPS) is 15.1. The van der Waals surface area contributed by atoms with E-state index in [1.807, 2.05) is 25.7 Å². The Labute approximate surface area is 317 Å². The maximum absolute atomic E-state index is 14.1. The molecule has 2 amide bonds. The highest BCUT2D eigenvalue weighted by Crippen LogP contribution is 2.34. The molecule has 0 bridgehead atoms. The molecule has 16 heteroatoms. The van der Waals surface area contributed by atoms with E-state index in [2.05, 4.69) is 15.4 Å². The van der Waals surface area contributed by atoms with E-state index in [-0.39, 0.29) is 29.1 Å². The quantitative estimate of drug-likeness (QED) is 0.0815. The van der Waals surface area contributed by atoms with Crippen molar-refractivity contribution in [1.29, 1.82) is 0 Å². The van der Waals surface area contributed by atoms with Crippen LogP contribution in [0.5, 0.6) is 0 Å². The number of hydrogen-bond donors (Lipinski definition) is 3. The minimum absolute atomic E-state index is 0.0473. The van der Waals surface area contributed by atoms with Gasteiger partial charge in [-0.3, -0.25) is 14.9 Å². The lowest BCUT2D eigenvalue weighted by Gasteiger charge is -2.34. The van der Waals surface area contributed by atoms with Crippen LogP contribution in [-0.2, 0) is 19.0 Å². The number of carbonyl (C=O) groups excluding carboxylic acids is 3. The summed E-state index contributed by atoms with van der Waals surface area (Å²) in [6, 6.07) is 8.66. The Morgan fingerprint density at radius 1 is 0.796 bits per heavy atom. The monoisotopic (exact) mass is 764 g/mol. The number of benzene rings is 2. The van der Waals surface area contributed by atoms with Crippen LogP contribution in [0.25, 0.3) is 0 Å². The number of nitrogens with one attached hydrogen (secondary N) is 2. The predicted molar refractivity (Wildman–Crippen MR) is 205 cm³/mol. The fourth-order valence-corrected chi connectivity index (χ4v) is 5.84. The number of nitrogen functional groups attached to an aromatic ring is 1. The molecule has 2 saturated heterocycles. The number of rotatable bonds is 8. The van der Waals surface area contributed by atoms with Gasteiger partial charge < -0.3 is 40.4 Å². The van der Waals surface area contributed by atoms with E-state index in [9.17, 15) is 33.3 Å². The minimum Gasteiger partial charge on any atom is -0.466 e. The van der Waals surface area contributed by atoms with Gasteiger partial charge in [-0.05, 0) is 104 Å². The number of alkyl carbamates (subject to hydrolysis) is 2. The number of esters is 1. The van der Waals surface area contributed by atoms with Crippen molar-refractivity contribution in [3.63, 3.8) is 0 Å². The number of nitrogens with zero attached hydrogens (tertiary/aromatic N) is 3. The molecule has 2 aromatic rings. The third kappa shape index (κ3) is 16.4. The van der Waals surface area contributed by atoms with Gasteiger partial charge in [-0.15, -0.1) is 0 Å². The van der Waals surface area contributed by atoms with Crippen molar-refractivity contribution in [2.24, 2.45) is 11.8 Å². The van der Waals surface area contributed by atoms with Crippen LogP contribution in [0.15, 0.2) is 36.4 Å². The molecule has 0 saturated carbocycles. The number of carbonyl (C=O) groups is 3. The van der Waals surface area contributed by atoms with E-state index in [1.54, 1.807) is 44.7 Å². The lowest BCUT2D eigenvalue weighted by Crippen LogP contribution is -2.40. The number of halogens is 2. The van der Waals surface area contributed by atoms with E-state index >= 15 is 0 Å². The first-order valence-corrected chi connectivity index (χ1v) is 18.2. The summed E-state index contributed by atoms with van der Waals surface area (Å²) >= 11 is 0. The van der Waals surface area contributed by atoms with Crippen LogP contribution in [0.2, 0.25) is 0 Å². The summed E-state index contributed by atoms with van der Waals surface area (Å²) < 4.78 is 42.9. The molecule has 2 aliphatic heterocycles. The van der Waals surface area contributed by atoms with E-state index < -0.39 is 34.1 Å². The van der Waals surface area contributed by atoms with E-state index in [1.165, 1.54) is 31.2 Å². The van der Waals surface area contributed by atoms with Crippen LogP contribution >= 0.6 is 0 Å². The molecule has 0 spiro atoms. The van der Waals surface area contributed by atoms with E-state index in [4.69, 9.17) is 15.2 Å². The van der Waals surface area contributed by atoms with Crippen LogP contribution < -0.4 is 26.2 Å². The number of hydrogen-bond acceptors (Lipinski definition) is 11. The number of piperidine rings is 2. The molecule has 0 atom stereocenters. The van der Waals surface area contributed by atoms with Gasteiger partial charge in [-0.1, -0.05) is 12.1 Å². The summed E-state index contributed by atoms with van der Waals surface area (Å²) in [6.45, 7) is 18.1.